The molecule has 0 aliphatic rings. The van der Waals surface area contributed by atoms with E-state index in [1.54, 1.807) is 12.1 Å². The molecular formula is C10H10FNO. The molecule has 0 spiro atoms. The highest BCUT2D eigenvalue weighted by Gasteiger charge is 2.11. The Balaban J connectivity index is 2.75. The summed E-state index contributed by atoms with van der Waals surface area (Å²) < 4.78 is 18.2. The normalized spacial score (nSPS) is 13.5. The van der Waals surface area contributed by atoms with Crippen molar-refractivity contribution in [2.24, 2.45) is 5.73 Å². The predicted octanol–water partition coefficient (Wildman–Crippen LogP) is 2.59. The Morgan fingerprint density at radius 3 is 2.92 bits per heavy atom. The van der Waals surface area contributed by atoms with Crippen molar-refractivity contribution >= 4 is 11.0 Å². The highest BCUT2D eigenvalue weighted by Crippen LogP contribution is 2.26. The van der Waals surface area contributed by atoms with Gasteiger partial charge in [0.15, 0.2) is 11.4 Å². The molecule has 1 aromatic carbocycles. The number of hydrogen-bond donors (Lipinski definition) is 1. The summed E-state index contributed by atoms with van der Waals surface area (Å²) >= 11 is 0. The second kappa shape index (κ2) is 2.85. The van der Waals surface area contributed by atoms with E-state index in [0.29, 0.717) is 0 Å². The molecule has 68 valence electrons. The van der Waals surface area contributed by atoms with E-state index < -0.39 is 0 Å². The second-order valence-electron chi connectivity index (χ2n) is 3.10. The molecule has 1 atom stereocenters. The first-order chi connectivity index (χ1) is 6.20. The Labute approximate surface area is 75.1 Å². The molecule has 0 saturated carbocycles. The Bertz CT molecular complexity index is 433. The molecule has 3 heteroatoms. The quantitative estimate of drug-likeness (QED) is 0.730. The van der Waals surface area contributed by atoms with E-state index in [1.165, 1.54) is 12.3 Å². The lowest BCUT2D eigenvalue weighted by Gasteiger charge is -2.00. The van der Waals surface area contributed by atoms with Crippen molar-refractivity contribution in [2.75, 3.05) is 0 Å². The molecule has 2 rings (SSSR count). The molecule has 0 saturated heterocycles. The third-order valence-corrected chi connectivity index (χ3v) is 2.07. The molecule has 2 N–H and O–H groups in total. The third kappa shape index (κ3) is 1.21. The van der Waals surface area contributed by atoms with Gasteiger partial charge in [0, 0.05) is 17.0 Å². The molecule has 0 aliphatic heterocycles. The van der Waals surface area contributed by atoms with Gasteiger partial charge in [-0.15, -0.1) is 0 Å². The van der Waals surface area contributed by atoms with Gasteiger partial charge < -0.3 is 10.2 Å². The van der Waals surface area contributed by atoms with Gasteiger partial charge in [0.1, 0.15) is 0 Å². The molecular weight excluding hydrogens is 169 g/mol. The van der Waals surface area contributed by atoms with Crippen LogP contribution in [0.2, 0.25) is 0 Å². The fourth-order valence-electron chi connectivity index (χ4n) is 1.39. The van der Waals surface area contributed by atoms with E-state index >= 15 is 0 Å². The summed E-state index contributed by atoms with van der Waals surface area (Å²) in [5.41, 5.74) is 6.82. The third-order valence-electron chi connectivity index (χ3n) is 2.07. The van der Waals surface area contributed by atoms with Crippen molar-refractivity contribution in [2.45, 2.75) is 13.0 Å². The molecule has 0 radical (unpaired) electrons. The molecule has 0 amide bonds. The van der Waals surface area contributed by atoms with Crippen molar-refractivity contribution in [3.63, 3.8) is 0 Å². The first kappa shape index (κ1) is 8.26. The summed E-state index contributed by atoms with van der Waals surface area (Å²) in [7, 11) is 0. The maximum atomic E-state index is 13.1. The predicted molar refractivity (Wildman–Crippen MR) is 48.8 cm³/mol. The molecule has 1 heterocycles. The molecule has 13 heavy (non-hydrogen) atoms. The van der Waals surface area contributed by atoms with Crippen molar-refractivity contribution in [1.29, 1.82) is 0 Å². The first-order valence-electron chi connectivity index (χ1n) is 4.11. The van der Waals surface area contributed by atoms with Crippen LogP contribution in [-0.2, 0) is 0 Å². The summed E-state index contributed by atoms with van der Waals surface area (Å²) in [6.45, 7) is 1.84. The highest BCUT2D eigenvalue weighted by atomic mass is 19.1. The SMILES string of the molecule is C[C@@H](N)c1coc2c(F)cccc12. The fraction of sp³-hybridized carbons (Fsp3) is 0.200. The number of para-hydroxylation sites is 1. The van der Waals surface area contributed by atoms with Crippen LogP contribution in [0.5, 0.6) is 0 Å². The molecule has 2 aromatic rings. The van der Waals surface area contributed by atoms with Crippen molar-refractivity contribution in [3.8, 4) is 0 Å². The zero-order valence-corrected chi connectivity index (χ0v) is 7.25. The zero-order chi connectivity index (χ0) is 9.42. The summed E-state index contributed by atoms with van der Waals surface area (Å²) in [6, 6.07) is 4.69. The highest BCUT2D eigenvalue weighted by molar-refractivity contribution is 5.81. The fourth-order valence-corrected chi connectivity index (χ4v) is 1.39. The van der Waals surface area contributed by atoms with Gasteiger partial charge in [-0.3, -0.25) is 0 Å². The van der Waals surface area contributed by atoms with Crippen LogP contribution in [0, 0.1) is 5.82 Å². The standard InChI is InChI=1S/C10H10FNO/c1-6(12)8-5-13-10-7(8)3-2-4-9(10)11/h2-6H,12H2,1H3/t6-/m1/s1. The van der Waals surface area contributed by atoms with E-state index in [4.69, 9.17) is 10.2 Å². The minimum atomic E-state index is -0.343. The number of nitrogens with two attached hydrogens (primary N) is 1. The van der Waals surface area contributed by atoms with Crippen LogP contribution in [0.15, 0.2) is 28.9 Å². The van der Waals surface area contributed by atoms with Crippen LogP contribution in [0.1, 0.15) is 18.5 Å². The van der Waals surface area contributed by atoms with Gasteiger partial charge in [-0.05, 0) is 13.0 Å². The molecule has 0 aliphatic carbocycles. The summed E-state index contributed by atoms with van der Waals surface area (Å²) in [6.07, 6.45) is 1.51. The van der Waals surface area contributed by atoms with E-state index in [-0.39, 0.29) is 17.4 Å². The number of rotatable bonds is 1. The number of hydrogen-bond acceptors (Lipinski definition) is 2. The average Bonchev–Trinajstić information content (AvgIpc) is 2.48. The summed E-state index contributed by atoms with van der Waals surface area (Å²) in [5, 5.41) is 0.759. The lowest BCUT2D eigenvalue weighted by molar-refractivity contribution is 0.556. The van der Waals surface area contributed by atoms with Crippen LogP contribution < -0.4 is 5.73 Å². The van der Waals surface area contributed by atoms with Crippen molar-refractivity contribution in [3.05, 3.63) is 35.8 Å². The Hall–Kier alpha value is -1.35. The largest absolute Gasteiger partial charge is 0.461 e. The van der Waals surface area contributed by atoms with Crippen molar-refractivity contribution < 1.29 is 8.81 Å². The van der Waals surface area contributed by atoms with Crippen LogP contribution >= 0.6 is 0 Å². The Morgan fingerprint density at radius 2 is 2.23 bits per heavy atom. The number of benzene rings is 1. The van der Waals surface area contributed by atoms with E-state index in [1.807, 2.05) is 6.92 Å². The van der Waals surface area contributed by atoms with Gasteiger partial charge in [0.05, 0.1) is 6.26 Å². The Morgan fingerprint density at radius 1 is 1.46 bits per heavy atom. The average molecular weight is 179 g/mol. The Kier molecular flexibility index (Phi) is 1.81. The van der Waals surface area contributed by atoms with Crippen LogP contribution in [0.4, 0.5) is 4.39 Å². The number of halogens is 1. The number of furan rings is 1. The van der Waals surface area contributed by atoms with E-state index in [9.17, 15) is 4.39 Å². The van der Waals surface area contributed by atoms with Crippen LogP contribution in [0.25, 0.3) is 11.0 Å². The van der Waals surface area contributed by atoms with Gasteiger partial charge in [-0.25, -0.2) is 4.39 Å². The van der Waals surface area contributed by atoms with Gasteiger partial charge in [-0.1, -0.05) is 12.1 Å². The van der Waals surface area contributed by atoms with Crippen LogP contribution in [-0.4, -0.2) is 0 Å². The molecule has 0 bridgehead atoms. The van der Waals surface area contributed by atoms with Crippen LogP contribution in [0.3, 0.4) is 0 Å². The second-order valence-corrected chi connectivity index (χ2v) is 3.10. The first-order valence-corrected chi connectivity index (χ1v) is 4.11. The lowest BCUT2D eigenvalue weighted by Crippen LogP contribution is -2.03. The maximum Gasteiger partial charge on any atom is 0.169 e. The van der Waals surface area contributed by atoms with Gasteiger partial charge in [0.2, 0.25) is 0 Å². The van der Waals surface area contributed by atoms with E-state index in [2.05, 4.69) is 0 Å². The van der Waals surface area contributed by atoms with Crippen molar-refractivity contribution in [1.82, 2.24) is 0 Å². The van der Waals surface area contributed by atoms with Gasteiger partial charge in [-0.2, -0.15) is 0 Å². The number of fused-ring (bicyclic) bond motifs is 1. The summed E-state index contributed by atoms with van der Waals surface area (Å²) in [4.78, 5) is 0. The topological polar surface area (TPSA) is 39.2 Å². The molecule has 0 unspecified atom stereocenters. The molecule has 2 nitrogen and oxygen atoms in total. The van der Waals surface area contributed by atoms with Gasteiger partial charge in [0.25, 0.3) is 0 Å². The van der Waals surface area contributed by atoms with E-state index in [0.717, 1.165) is 10.9 Å². The lowest BCUT2D eigenvalue weighted by atomic mass is 10.1. The molecule has 1 aromatic heterocycles. The summed E-state index contributed by atoms with van der Waals surface area (Å²) in [5.74, 6) is -0.343. The monoisotopic (exact) mass is 179 g/mol. The maximum absolute atomic E-state index is 13.1. The minimum absolute atomic E-state index is 0.136. The smallest absolute Gasteiger partial charge is 0.169 e. The zero-order valence-electron chi connectivity index (χ0n) is 7.25. The minimum Gasteiger partial charge on any atom is -0.461 e. The van der Waals surface area contributed by atoms with Gasteiger partial charge >= 0.3 is 0 Å². The molecule has 0 fully saturated rings.